The highest BCUT2D eigenvalue weighted by molar-refractivity contribution is 5.69. The Hall–Kier alpha value is -1.05. The number of carbonyl (C=O) groups excluding carboxylic acids is 1. The summed E-state index contributed by atoms with van der Waals surface area (Å²) in [6, 6.07) is 4.10. The van der Waals surface area contributed by atoms with Crippen molar-refractivity contribution in [2.24, 2.45) is 0 Å². The third-order valence-electron chi connectivity index (χ3n) is 0.596. The summed E-state index contributed by atoms with van der Waals surface area (Å²) in [5.41, 5.74) is 0. The van der Waals surface area contributed by atoms with Crippen molar-refractivity contribution in [3.05, 3.63) is 24.2 Å². The van der Waals surface area contributed by atoms with Gasteiger partial charge in [-0.2, -0.15) is 0 Å². The molecule has 1 aromatic heterocycles. The van der Waals surface area contributed by atoms with Gasteiger partial charge in [0.1, 0.15) is 0 Å². The minimum atomic E-state index is 0.250. The normalized spacial score (nSPS) is 8.57. The average molecular weight is 95.1 g/mol. The molecule has 0 aliphatic heterocycles. The lowest BCUT2D eigenvalue weighted by atomic mass is 10.5. The Labute approximate surface area is 40.8 Å². The lowest BCUT2D eigenvalue weighted by Gasteiger charge is -1.68. The molecule has 1 heterocycles. The van der Waals surface area contributed by atoms with Gasteiger partial charge in [-0.1, -0.05) is 0 Å². The first kappa shape index (κ1) is 4.12. The van der Waals surface area contributed by atoms with Crippen LogP contribution in [-0.2, 0) is 0 Å². The summed E-state index contributed by atoms with van der Waals surface area (Å²) in [6.45, 7) is 0. The monoisotopic (exact) mass is 95.0 g/mol. The molecule has 1 radical (unpaired) electrons. The Morgan fingerprint density at radius 3 is 3.00 bits per heavy atom. The lowest BCUT2D eigenvalue weighted by molar-refractivity contribution is 0.110. The minimum absolute atomic E-state index is 0.250. The molecule has 2 nitrogen and oxygen atoms in total. The van der Waals surface area contributed by atoms with Gasteiger partial charge in [-0.3, -0.25) is 4.79 Å². The standard InChI is InChI=1S/C5H3O2/c6-4-5-2-1-3-7-5/h1,3-4H. The van der Waals surface area contributed by atoms with Crippen LogP contribution in [0.25, 0.3) is 0 Å². The van der Waals surface area contributed by atoms with Crippen molar-refractivity contribution in [3.63, 3.8) is 0 Å². The largest absolute Gasteiger partial charge is 0.461 e. The molecule has 0 saturated carbocycles. The summed E-state index contributed by atoms with van der Waals surface area (Å²) in [7, 11) is 0. The maximum absolute atomic E-state index is 9.74. The zero-order chi connectivity index (χ0) is 5.11. The third-order valence-corrected chi connectivity index (χ3v) is 0.596. The third kappa shape index (κ3) is 0.682. The molecule has 0 bridgehead atoms. The predicted octanol–water partition coefficient (Wildman–Crippen LogP) is 0.892. The van der Waals surface area contributed by atoms with Crippen molar-refractivity contribution in [2.75, 3.05) is 0 Å². The van der Waals surface area contributed by atoms with E-state index in [1.165, 1.54) is 6.26 Å². The smallest absolute Gasteiger partial charge is 0.185 e. The summed E-state index contributed by atoms with van der Waals surface area (Å²) < 4.78 is 4.56. The van der Waals surface area contributed by atoms with Gasteiger partial charge >= 0.3 is 0 Å². The van der Waals surface area contributed by atoms with E-state index >= 15 is 0 Å². The predicted molar refractivity (Wildman–Crippen MR) is 22.9 cm³/mol. The highest BCUT2D eigenvalue weighted by Crippen LogP contribution is 1.91. The average Bonchev–Trinajstić information content (AvgIpc) is 2.14. The molecule has 0 spiro atoms. The fraction of sp³-hybridized carbons (Fsp3) is 0. The fourth-order valence-electron chi connectivity index (χ4n) is 0.319. The van der Waals surface area contributed by atoms with Gasteiger partial charge in [0.25, 0.3) is 0 Å². The van der Waals surface area contributed by atoms with Crippen LogP contribution in [0.2, 0.25) is 0 Å². The molecule has 1 rings (SSSR count). The van der Waals surface area contributed by atoms with Gasteiger partial charge in [0, 0.05) is 6.07 Å². The second-order valence-corrected chi connectivity index (χ2v) is 1.05. The molecule has 35 valence electrons. The molecule has 0 saturated heterocycles. The first-order valence-electron chi connectivity index (χ1n) is 1.84. The van der Waals surface area contributed by atoms with Gasteiger partial charge in [0.15, 0.2) is 12.0 Å². The molecule has 2 heteroatoms. The second kappa shape index (κ2) is 1.60. The van der Waals surface area contributed by atoms with Gasteiger partial charge < -0.3 is 4.42 Å². The number of furan rings is 1. The maximum Gasteiger partial charge on any atom is 0.185 e. The van der Waals surface area contributed by atoms with Crippen LogP contribution in [0.1, 0.15) is 10.6 Å². The Balaban J connectivity index is 2.96. The molecule has 0 aromatic carbocycles. The molecule has 0 amide bonds. The van der Waals surface area contributed by atoms with E-state index in [-0.39, 0.29) is 5.76 Å². The Morgan fingerprint density at radius 1 is 1.86 bits per heavy atom. The van der Waals surface area contributed by atoms with Gasteiger partial charge in [-0.15, -0.1) is 0 Å². The maximum atomic E-state index is 9.74. The van der Waals surface area contributed by atoms with Crippen LogP contribution in [0.3, 0.4) is 0 Å². The summed E-state index contributed by atoms with van der Waals surface area (Å²) >= 11 is 0. The van der Waals surface area contributed by atoms with E-state index in [4.69, 9.17) is 0 Å². The van der Waals surface area contributed by atoms with Crippen LogP contribution in [0, 0.1) is 6.07 Å². The molecule has 7 heavy (non-hydrogen) atoms. The van der Waals surface area contributed by atoms with Gasteiger partial charge in [0.05, 0.1) is 6.26 Å². The Bertz CT molecular complexity index is 141. The lowest BCUT2D eigenvalue weighted by Crippen LogP contribution is -1.65. The summed E-state index contributed by atoms with van der Waals surface area (Å²) in [4.78, 5) is 9.74. The molecular formula is C5H3O2. The van der Waals surface area contributed by atoms with E-state index < -0.39 is 0 Å². The number of rotatable bonds is 1. The number of carbonyl (C=O) groups is 1. The summed E-state index contributed by atoms with van der Waals surface area (Å²) in [5.74, 6) is 0.250. The second-order valence-electron chi connectivity index (χ2n) is 1.05. The van der Waals surface area contributed by atoms with Gasteiger partial charge in [0.2, 0.25) is 0 Å². The van der Waals surface area contributed by atoms with E-state index in [0.29, 0.717) is 6.29 Å². The van der Waals surface area contributed by atoms with Crippen molar-refractivity contribution >= 4 is 6.29 Å². The summed E-state index contributed by atoms with van der Waals surface area (Å²) in [6.07, 6.45) is 2.02. The Kier molecular flexibility index (Phi) is 0.941. The number of hydrogen-bond acceptors (Lipinski definition) is 2. The van der Waals surface area contributed by atoms with E-state index in [1.54, 1.807) is 6.07 Å². The van der Waals surface area contributed by atoms with Crippen molar-refractivity contribution < 1.29 is 9.21 Å². The molecule has 0 fully saturated rings. The molecule has 0 aliphatic rings. The van der Waals surface area contributed by atoms with Crippen molar-refractivity contribution in [2.45, 2.75) is 0 Å². The van der Waals surface area contributed by atoms with Crippen LogP contribution in [0.4, 0.5) is 0 Å². The fourth-order valence-corrected chi connectivity index (χ4v) is 0.319. The van der Waals surface area contributed by atoms with E-state index in [9.17, 15) is 4.79 Å². The van der Waals surface area contributed by atoms with Crippen molar-refractivity contribution in [1.82, 2.24) is 0 Å². The number of aldehydes is 1. The molecule has 1 aromatic rings. The quantitative estimate of drug-likeness (QED) is 0.485. The van der Waals surface area contributed by atoms with Crippen molar-refractivity contribution in [1.29, 1.82) is 0 Å². The van der Waals surface area contributed by atoms with Crippen LogP contribution in [0.15, 0.2) is 16.7 Å². The first-order valence-corrected chi connectivity index (χ1v) is 1.84. The van der Waals surface area contributed by atoms with Gasteiger partial charge in [-0.25, -0.2) is 0 Å². The summed E-state index contributed by atoms with van der Waals surface area (Å²) in [5, 5.41) is 0. The SMILES string of the molecule is O=Cc1[c]cco1. The van der Waals surface area contributed by atoms with Crippen molar-refractivity contribution in [3.8, 4) is 0 Å². The molecule has 0 aliphatic carbocycles. The molecular weight excluding hydrogens is 92.1 g/mol. The molecule has 0 unspecified atom stereocenters. The van der Waals surface area contributed by atoms with E-state index in [1.807, 2.05) is 0 Å². The molecule has 0 N–H and O–H groups in total. The zero-order valence-electron chi connectivity index (χ0n) is 3.55. The number of hydrogen-bond donors (Lipinski definition) is 0. The minimum Gasteiger partial charge on any atom is -0.461 e. The van der Waals surface area contributed by atoms with Crippen LogP contribution in [0.5, 0.6) is 0 Å². The van der Waals surface area contributed by atoms with E-state index in [0.717, 1.165) is 0 Å². The first-order chi connectivity index (χ1) is 3.43. The van der Waals surface area contributed by atoms with Crippen LogP contribution in [-0.4, -0.2) is 6.29 Å². The topological polar surface area (TPSA) is 30.2 Å². The Morgan fingerprint density at radius 2 is 2.71 bits per heavy atom. The van der Waals surface area contributed by atoms with Crippen LogP contribution < -0.4 is 0 Å². The highest BCUT2D eigenvalue weighted by Gasteiger charge is 1.85. The van der Waals surface area contributed by atoms with Gasteiger partial charge in [-0.05, 0) is 6.07 Å². The molecule has 0 atom stereocenters. The highest BCUT2D eigenvalue weighted by atomic mass is 16.3. The zero-order valence-corrected chi connectivity index (χ0v) is 3.55. The van der Waals surface area contributed by atoms with E-state index in [2.05, 4.69) is 10.5 Å². The van der Waals surface area contributed by atoms with Crippen LogP contribution >= 0.6 is 0 Å².